The average Bonchev–Trinajstić information content (AvgIpc) is 2.96. The van der Waals surface area contributed by atoms with Crippen molar-refractivity contribution in [2.24, 2.45) is 4.99 Å². The second-order valence-electron chi connectivity index (χ2n) is 7.70. The minimum Gasteiger partial charge on any atom is -0.478 e. The van der Waals surface area contributed by atoms with Gasteiger partial charge in [0.25, 0.3) is 0 Å². The Morgan fingerprint density at radius 1 is 1.12 bits per heavy atom. The van der Waals surface area contributed by atoms with Gasteiger partial charge in [0.2, 0.25) is 5.95 Å². The molecule has 1 aromatic heterocycles. The highest BCUT2D eigenvalue weighted by atomic mass is 35.5. The number of aromatic nitrogens is 2. The number of nitrogens with one attached hydrogen (secondary N) is 1. The zero-order valence-corrected chi connectivity index (χ0v) is 18.1. The minimum atomic E-state index is -0.992. The summed E-state index contributed by atoms with van der Waals surface area (Å²) in [6.07, 6.45) is 6.32. The molecule has 0 unspecified atom stereocenters. The van der Waals surface area contributed by atoms with Gasteiger partial charge in [0.15, 0.2) is 0 Å². The summed E-state index contributed by atoms with van der Waals surface area (Å²) in [4.78, 5) is 24.9. The summed E-state index contributed by atoms with van der Waals surface area (Å²) in [6, 6.07) is 11.8. The van der Waals surface area contributed by atoms with E-state index in [1.807, 2.05) is 12.1 Å². The largest absolute Gasteiger partial charge is 0.478 e. The van der Waals surface area contributed by atoms with Crippen molar-refractivity contribution >= 4 is 34.9 Å². The van der Waals surface area contributed by atoms with E-state index in [2.05, 4.69) is 10.3 Å². The molecule has 2 aliphatic rings. The molecular formula is C25H18ClFN4O2. The van der Waals surface area contributed by atoms with E-state index in [0.29, 0.717) is 46.6 Å². The molecular weight excluding hydrogens is 443 g/mol. The molecule has 0 saturated heterocycles. The van der Waals surface area contributed by atoms with Crippen LogP contribution in [-0.4, -0.2) is 26.8 Å². The molecule has 6 nitrogen and oxygen atoms in total. The lowest BCUT2D eigenvalue weighted by Crippen LogP contribution is -2.10. The smallest absolute Gasteiger partial charge is 0.335 e. The van der Waals surface area contributed by atoms with Crippen molar-refractivity contribution in [3.63, 3.8) is 0 Å². The Kier molecular flexibility index (Phi) is 5.48. The molecule has 2 N–H and O–H groups in total. The highest BCUT2D eigenvalue weighted by molar-refractivity contribution is 6.31. The summed E-state index contributed by atoms with van der Waals surface area (Å²) in [5, 5.41) is 12.7. The lowest BCUT2D eigenvalue weighted by atomic mass is 9.91. The number of benzene rings is 2. The summed E-state index contributed by atoms with van der Waals surface area (Å²) < 4.78 is 14.7. The highest BCUT2D eigenvalue weighted by Crippen LogP contribution is 2.36. The van der Waals surface area contributed by atoms with Crippen molar-refractivity contribution in [1.29, 1.82) is 0 Å². The molecule has 0 spiro atoms. The summed E-state index contributed by atoms with van der Waals surface area (Å²) in [5.74, 6) is -0.920. The maximum Gasteiger partial charge on any atom is 0.335 e. The minimum absolute atomic E-state index is 0.193. The molecule has 5 rings (SSSR count). The number of aliphatic imine (C=N–C) groups is 1. The van der Waals surface area contributed by atoms with Crippen LogP contribution in [0.4, 0.5) is 16.0 Å². The summed E-state index contributed by atoms with van der Waals surface area (Å²) in [7, 11) is 0. The fourth-order valence-corrected chi connectivity index (χ4v) is 4.11. The normalized spacial score (nSPS) is 14.8. The zero-order valence-electron chi connectivity index (χ0n) is 17.3. The molecule has 3 aromatic rings. The molecule has 33 heavy (non-hydrogen) atoms. The van der Waals surface area contributed by atoms with Crippen LogP contribution in [0.5, 0.6) is 0 Å². The van der Waals surface area contributed by atoms with Gasteiger partial charge in [-0.1, -0.05) is 23.7 Å². The standard InChI is InChI=1S/C25H18ClFN4O2/c26-16-7-10-18-20(11-16)23(19-3-1-2-4-21(19)27)28-12-15-13-29-25(31-22(15)18)30-17-8-5-14(6-9-17)24(32)33/h2,4-11,13H,1,3,12H2,(H,32,33)(H,29,30,31). The van der Waals surface area contributed by atoms with Gasteiger partial charge in [0.05, 0.1) is 23.5 Å². The van der Waals surface area contributed by atoms with Crippen molar-refractivity contribution in [1.82, 2.24) is 9.97 Å². The van der Waals surface area contributed by atoms with Gasteiger partial charge in [-0.2, -0.15) is 0 Å². The highest BCUT2D eigenvalue weighted by Gasteiger charge is 2.24. The SMILES string of the molecule is O=C(O)c1ccc(Nc2ncc3c(n2)-c2ccc(Cl)cc2C(C2=C(F)C=CCC2)=NC3)cc1. The molecule has 0 atom stereocenters. The maximum atomic E-state index is 14.7. The van der Waals surface area contributed by atoms with E-state index in [4.69, 9.17) is 26.7 Å². The quantitative estimate of drug-likeness (QED) is 0.490. The molecule has 0 radical (unpaired) electrons. The Bertz CT molecular complexity index is 1360. The molecule has 2 aromatic carbocycles. The number of halogens is 2. The van der Waals surface area contributed by atoms with Crippen molar-refractivity contribution in [3.05, 3.63) is 93.9 Å². The van der Waals surface area contributed by atoms with E-state index in [1.54, 1.807) is 30.5 Å². The van der Waals surface area contributed by atoms with Crippen molar-refractivity contribution in [2.75, 3.05) is 5.32 Å². The topological polar surface area (TPSA) is 87.5 Å². The number of allylic oxidation sites excluding steroid dienone is 4. The third kappa shape index (κ3) is 4.15. The van der Waals surface area contributed by atoms with Gasteiger partial charge in [0.1, 0.15) is 5.83 Å². The fourth-order valence-electron chi connectivity index (χ4n) is 3.93. The maximum absolute atomic E-state index is 14.7. The molecule has 0 amide bonds. The van der Waals surface area contributed by atoms with Crippen molar-refractivity contribution < 1.29 is 14.3 Å². The van der Waals surface area contributed by atoms with Crippen molar-refractivity contribution in [3.8, 4) is 11.3 Å². The van der Waals surface area contributed by atoms with E-state index in [-0.39, 0.29) is 11.4 Å². The Morgan fingerprint density at radius 3 is 2.70 bits per heavy atom. The molecule has 1 aliphatic heterocycles. The van der Waals surface area contributed by atoms with Gasteiger partial charge in [-0.15, -0.1) is 0 Å². The molecule has 8 heteroatoms. The summed E-state index contributed by atoms with van der Waals surface area (Å²) in [6.45, 7) is 0.311. The molecule has 2 heterocycles. The third-order valence-corrected chi connectivity index (χ3v) is 5.79. The van der Waals surface area contributed by atoms with E-state index < -0.39 is 5.97 Å². The van der Waals surface area contributed by atoms with Crippen LogP contribution < -0.4 is 5.32 Å². The van der Waals surface area contributed by atoms with E-state index >= 15 is 0 Å². The number of nitrogens with zero attached hydrogens (tertiary/aromatic N) is 3. The predicted molar refractivity (Wildman–Crippen MR) is 126 cm³/mol. The van der Waals surface area contributed by atoms with Crippen LogP contribution in [0.3, 0.4) is 0 Å². The summed E-state index contributed by atoms with van der Waals surface area (Å²) >= 11 is 6.31. The van der Waals surface area contributed by atoms with Crippen molar-refractivity contribution in [2.45, 2.75) is 19.4 Å². The van der Waals surface area contributed by atoms with Crippen LogP contribution in [0.2, 0.25) is 5.02 Å². The van der Waals surface area contributed by atoms with Crippen LogP contribution in [0.15, 0.2) is 77.2 Å². The first-order chi connectivity index (χ1) is 16.0. The Labute approximate surface area is 194 Å². The monoisotopic (exact) mass is 460 g/mol. The van der Waals surface area contributed by atoms with Crippen LogP contribution >= 0.6 is 11.6 Å². The van der Waals surface area contributed by atoms with Gasteiger partial charge in [-0.3, -0.25) is 4.99 Å². The third-order valence-electron chi connectivity index (χ3n) is 5.55. The number of hydrogen-bond acceptors (Lipinski definition) is 5. The Morgan fingerprint density at radius 2 is 1.94 bits per heavy atom. The number of carboxylic acids is 1. The van der Waals surface area contributed by atoms with E-state index in [0.717, 1.165) is 23.1 Å². The molecule has 164 valence electrons. The molecule has 1 aliphatic carbocycles. The first kappa shape index (κ1) is 21.0. The van der Waals surface area contributed by atoms with E-state index in [9.17, 15) is 9.18 Å². The number of carbonyl (C=O) groups is 1. The predicted octanol–water partition coefficient (Wildman–Crippen LogP) is 6.12. The number of aromatic carboxylic acids is 1. The van der Waals surface area contributed by atoms with Gasteiger partial charge in [-0.25, -0.2) is 19.2 Å². The van der Waals surface area contributed by atoms with Crippen LogP contribution in [-0.2, 0) is 6.54 Å². The summed E-state index contributed by atoms with van der Waals surface area (Å²) in [5.41, 5.74) is 5.04. The fraction of sp³-hybridized carbons (Fsp3) is 0.120. The zero-order chi connectivity index (χ0) is 22.9. The lowest BCUT2D eigenvalue weighted by Gasteiger charge is -2.16. The second-order valence-corrected chi connectivity index (χ2v) is 8.13. The van der Waals surface area contributed by atoms with Crippen LogP contribution in [0, 0.1) is 0 Å². The lowest BCUT2D eigenvalue weighted by molar-refractivity contribution is 0.0697. The van der Waals surface area contributed by atoms with Gasteiger partial charge >= 0.3 is 5.97 Å². The molecule has 0 fully saturated rings. The Balaban J connectivity index is 1.56. The first-order valence-corrected chi connectivity index (χ1v) is 10.7. The number of hydrogen-bond donors (Lipinski definition) is 2. The number of carboxylic acid groups (broad SMARTS) is 1. The van der Waals surface area contributed by atoms with Crippen LogP contribution in [0.25, 0.3) is 11.3 Å². The number of fused-ring (bicyclic) bond motifs is 3. The first-order valence-electron chi connectivity index (χ1n) is 10.4. The number of rotatable bonds is 4. The van der Waals surface area contributed by atoms with Crippen LogP contribution in [0.1, 0.15) is 34.3 Å². The van der Waals surface area contributed by atoms with Gasteiger partial charge in [-0.05, 0) is 55.3 Å². The van der Waals surface area contributed by atoms with E-state index in [1.165, 1.54) is 18.2 Å². The second kappa shape index (κ2) is 8.60. The number of anilines is 2. The van der Waals surface area contributed by atoms with Gasteiger partial charge in [0, 0.05) is 39.2 Å². The average molecular weight is 461 g/mol. The molecule has 0 bridgehead atoms. The molecule has 0 saturated carbocycles. The Hall–Kier alpha value is -3.84. The van der Waals surface area contributed by atoms with Gasteiger partial charge < -0.3 is 10.4 Å².